The molecule has 0 bridgehead atoms. The molecule has 2 aromatic heterocycles. The molecule has 0 atom stereocenters. The lowest BCUT2D eigenvalue weighted by Gasteiger charge is -2.17. The molecule has 7 nitrogen and oxygen atoms in total. The number of benzene rings is 1. The summed E-state index contributed by atoms with van der Waals surface area (Å²) in [6.07, 6.45) is 3.54. The van der Waals surface area contributed by atoms with E-state index in [1.54, 1.807) is 35.8 Å². The number of aryl methyl sites for hydroxylation is 1. The monoisotopic (exact) mass is 363 g/mol. The third-order valence-electron chi connectivity index (χ3n) is 4.43. The molecule has 7 heteroatoms. The molecule has 0 unspecified atom stereocenters. The van der Waals surface area contributed by atoms with Crippen LogP contribution < -0.4 is 9.47 Å². The Morgan fingerprint density at radius 2 is 2.00 bits per heavy atom. The maximum absolute atomic E-state index is 13.0. The molecule has 27 heavy (non-hydrogen) atoms. The Morgan fingerprint density at radius 3 is 2.74 bits per heavy atom. The maximum atomic E-state index is 13.0. The van der Waals surface area contributed by atoms with Crippen molar-refractivity contribution in [3.8, 4) is 23.5 Å². The molecule has 0 saturated heterocycles. The van der Waals surface area contributed by atoms with Crippen LogP contribution in [0.2, 0.25) is 0 Å². The maximum Gasteiger partial charge on any atom is 0.258 e. The number of rotatable bonds is 4. The van der Waals surface area contributed by atoms with Gasteiger partial charge in [0.1, 0.15) is 23.0 Å². The lowest BCUT2D eigenvalue weighted by molar-refractivity contribution is 0.0783. The topological polar surface area (TPSA) is 80.6 Å². The van der Waals surface area contributed by atoms with Gasteiger partial charge in [-0.05, 0) is 36.8 Å². The number of fused-ring (bicyclic) bond motifs is 1. The number of amides is 1. The second-order valence-electron chi connectivity index (χ2n) is 6.26. The van der Waals surface area contributed by atoms with Gasteiger partial charge in [-0.2, -0.15) is 5.26 Å². The van der Waals surface area contributed by atoms with Crippen LogP contribution in [0.4, 0.5) is 0 Å². The molecule has 4 rings (SSSR count). The lowest BCUT2D eigenvalue weighted by atomic mass is 10.1. The van der Waals surface area contributed by atoms with Gasteiger partial charge in [-0.3, -0.25) is 9.36 Å². The number of furan rings is 1. The summed E-state index contributed by atoms with van der Waals surface area (Å²) in [4.78, 5) is 14.6. The molecule has 0 fully saturated rings. The first-order valence-corrected chi connectivity index (χ1v) is 8.39. The fourth-order valence-electron chi connectivity index (χ4n) is 3.12. The first-order chi connectivity index (χ1) is 13.1. The molecule has 1 aliphatic rings. The lowest BCUT2D eigenvalue weighted by Crippen LogP contribution is -2.27. The highest BCUT2D eigenvalue weighted by Crippen LogP contribution is 2.33. The zero-order valence-corrected chi connectivity index (χ0v) is 14.9. The Bertz CT molecular complexity index is 1040. The van der Waals surface area contributed by atoms with Crippen molar-refractivity contribution in [2.45, 2.75) is 13.5 Å². The Hall–Kier alpha value is -3.66. The van der Waals surface area contributed by atoms with Gasteiger partial charge in [0.2, 0.25) is 12.7 Å². The van der Waals surface area contributed by atoms with E-state index >= 15 is 0 Å². The Morgan fingerprint density at radius 1 is 1.26 bits per heavy atom. The quantitative estimate of drug-likeness (QED) is 0.711. The summed E-state index contributed by atoms with van der Waals surface area (Å²) >= 11 is 0. The molecular weight excluding hydrogens is 346 g/mol. The van der Waals surface area contributed by atoms with Gasteiger partial charge in [0.05, 0.1) is 0 Å². The summed E-state index contributed by atoms with van der Waals surface area (Å²) in [6, 6.07) is 11.3. The van der Waals surface area contributed by atoms with Crippen molar-refractivity contribution in [2.75, 3.05) is 13.8 Å². The van der Waals surface area contributed by atoms with E-state index in [1.807, 2.05) is 30.3 Å². The highest BCUT2D eigenvalue weighted by Gasteiger charge is 2.27. The SMILES string of the molecule is Cc1oc(-n2cccc2)c(C#N)c1C(=O)N(C)Cc1ccc2c(c1)OCO2. The van der Waals surface area contributed by atoms with Crippen LogP contribution in [0.25, 0.3) is 5.88 Å². The van der Waals surface area contributed by atoms with E-state index in [0.29, 0.717) is 29.7 Å². The largest absolute Gasteiger partial charge is 0.454 e. The molecular formula is C20H17N3O4. The minimum atomic E-state index is -0.274. The second kappa shape index (κ2) is 6.57. The highest BCUT2D eigenvalue weighted by molar-refractivity contribution is 5.98. The van der Waals surface area contributed by atoms with Crippen molar-refractivity contribution in [3.05, 3.63) is 65.2 Å². The first-order valence-electron chi connectivity index (χ1n) is 8.39. The minimum absolute atomic E-state index is 0.204. The van der Waals surface area contributed by atoms with Crippen molar-refractivity contribution < 1.29 is 18.7 Å². The molecule has 0 radical (unpaired) electrons. The third kappa shape index (κ3) is 2.91. The van der Waals surface area contributed by atoms with Gasteiger partial charge >= 0.3 is 0 Å². The fraction of sp³-hybridized carbons (Fsp3) is 0.200. The fourth-order valence-corrected chi connectivity index (χ4v) is 3.12. The van der Waals surface area contributed by atoms with Crippen molar-refractivity contribution in [1.82, 2.24) is 9.47 Å². The van der Waals surface area contributed by atoms with Crippen LogP contribution in [-0.4, -0.2) is 29.2 Å². The third-order valence-corrected chi connectivity index (χ3v) is 4.43. The van der Waals surface area contributed by atoms with E-state index < -0.39 is 0 Å². The molecule has 136 valence electrons. The summed E-state index contributed by atoms with van der Waals surface area (Å²) in [5.41, 5.74) is 1.41. The number of ether oxygens (including phenoxy) is 2. The Balaban J connectivity index is 1.62. The second-order valence-corrected chi connectivity index (χ2v) is 6.26. The smallest absolute Gasteiger partial charge is 0.258 e. The van der Waals surface area contributed by atoms with Gasteiger partial charge in [-0.25, -0.2) is 0 Å². The van der Waals surface area contributed by atoms with E-state index in [2.05, 4.69) is 6.07 Å². The van der Waals surface area contributed by atoms with Crippen molar-refractivity contribution in [1.29, 1.82) is 5.26 Å². The van der Waals surface area contributed by atoms with E-state index in [0.717, 1.165) is 5.56 Å². The first kappa shape index (κ1) is 16.8. The average molecular weight is 363 g/mol. The minimum Gasteiger partial charge on any atom is -0.454 e. The van der Waals surface area contributed by atoms with Crippen LogP contribution >= 0.6 is 0 Å². The van der Waals surface area contributed by atoms with Crippen molar-refractivity contribution in [2.24, 2.45) is 0 Å². The number of hydrogen-bond donors (Lipinski definition) is 0. The Labute approximate surface area is 155 Å². The van der Waals surface area contributed by atoms with E-state index in [4.69, 9.17) is 13.9 Å². The van der Waals surface area contributed by atoms with Crippen LogP contribution in [0.1, 0.15) is 27.2 Å². The molecule has 0 saturated carbocycles. The van der Waals surface area contributed by atoms with Crippen LogP contribution in [0.15, 0.2) is 47.1 Å². The molecule has 3 heterocycles. The van der Waals surface area contributed by atoms with E-state index in [-0.39, 0.29) is 23.8 Å². The number of carbonyl (C=O) groups excluding carboxylic acids is 1. The molecule has 3 aromatic rings. The van der Waals surface area contributed by atoms with Crippen LogP contribution in [-0.2, 0) is 6.54 Å². The predicted molar refractivity (Wildman–Crippen MR) is 95.8 cm³/mol. The number of nitrogens with zero attached hydrogens (tertiary/aromatic N) is 3. The zero-order valence-electron chi connectivity index (χ0n) is 14.9. The van der Waals surface area contributed by atoms with E-state index in [9.17, 15) is 10.1 Å². The van der Waals surface area contributed by atoms with Gasteiger partial charge < -0.3 is 18.8 Å². The van der Waals surface area contributed by atoms with E-state index in [1.165, 1.54) is 0 Å². The molecule has 0 spiro atoms. The molecule has 0 aliphatic carbocycles. The predicted octanol–water partition coefficient (Wildman–Crippen LogP) is 3.25. The summed E-state index contributed by atoms with van der Waals surface area (Å²) < 4.78 is 18.1. The number of aromatic nitrogens is 1. The number of hydrogen-bond acceptors (Lipinski definition) is 5. The van der Waals surface area contributed by atoms with Gasteiger partial charge in [0.15, 0.2) is 11.5 Å². The standard InChI is InChI=1S/C20H17N3O4/c1-13-18(15(10-21)20(27-13)23-7-3-4-8-23)19(24)22(2)11-14-5-6-16-17(9-14)26-12-25-16/h3-9H,11-12H2,1-2H3. The van der Waals surface area contributed by atoms with Crippen molar-refractivity contribution in [3.63, 3.8) is 0 Å². The average Bonchev–Trinajstić information content (AvgIpc) is 3.39. The summed E-state index contributed by atoms with van der Waals surface area (Å²) in [5.74, 6) is 1.85. The normalized spacial score (nSPS) is 12.0. The zero-order chi connectivity index (χ0) is 19.0. The van der Waals surface area contributed by atoms with Crippen molar-refractivity contribution >= 4 is 5.91 Å². The number of carbonyl (C=O) groups is 1. The summed E-state index contributed by atoms with van der Waals surface area (Å²) in [7, 11) is 1.69. The molecule has 1 amide bonds. The van der Waals surface area contributed by atoms with Gasteiger partial charge in [-0.15, -0.1) is 0 Å². The van der Waals surface area contributed by atoms with Gasteiger partial charge in [0.25, 0.3) is 5.91 Å². The summed E-state index contributed by atoms with van der Waals surface area (Å²) in [6.45, 7) is 2.26. The van der Waals surface area contributed by atoms with Gasteiger partial charge in [-0.1, -0.05) is 6.07 Å². The number of nitriles is 1. The highest BCUT2D eigenvalue weighted by atomic mass is 16.7. The van der Waals surface area contributed by atoms with Crippen LogP contribution in [0.3, 0.4) is 0 Å². The Kier molecular flexibility index (Phi) is 4.09. The van der Waals surface area contributed by atoms with Crippen LogP contribution in [0.5, 0.6) is 11.5 Å². The molecule has 0 N–H and O–H groups in total. The molecule has 1 aromatic carbocycles. The summed E-state index contributed by atoms with van der Waals surface area (Å²) in [5, 5.41) is 9.61. The van der Waals surface area contributed by atoms with Gasteiger partial charge in [0, 0.05) is 26.0 Å². The molecule has 1 aliphatic heterocycles. The van der Waals surface area contributed by atoms with Crippen LogP contribution in [0, 0.1) is 18.3 Å².